The Hall–Kier alpha value is -1.10. The number of thioether (sulfide) groups is 1. The van der Waals surface area contributed by atoms with Crippen LogP contribution in [0.1, 0.15) is 25.7 Å². The predicted octanol–water partition coefficient (Wildman–Crippen LogP) is 3.04. The lowest BCUT2D eigenvalue weighted by Gasteiger charge is -2.21. The summed E-state index contributed by atoms with van der Waals surface area (Å²) in [4.78, 5) is 22.0. The van der Waals surface area contributed by atoms with Crippen LogP contribution in [0.4, 0.5) is 0 Å². The van der Waals surface area contributed by atoms with Gasteiger partial charge in [-0.2, -0.15) is 0 Å². The van der Waals surface area contributed by atoms with Crippen LogP contribution in [0.15, 0.2) is 40.8 Å². The van der Waals surface area contributed by atoms with Crippen LogP contribution in [0, 0.1) is 5.92 Å². The van der Waals surface area contributed by atoms with Crippen LogP contribution in [-0.4, -0.2) is 36.1 Å². The minimum Gasteiger partial charge on any atom is -0.390 e. The maximum Gasteiger partial charge on any atom is 0.123 e. The zero-order valence-corrected chi connectivity index (χ0v) is 13.4. The van der Waals surface area contributed by atoms with E-state index in [1.54, 1.807) is 11.8 Å². The number of hydrogen-bond donors (Lipinski definition) is 1. The summed E-state index contributed by atoms with van der Waals surface area (Å²) in [7, 11) is 0. The van der Waals surface area contributed by atoms with Gasteiger partial charge in [0.05, 0.1) is 12.7 Å². The fraction of sp³-hybridized carbons (Fsp3) is 0.529. The Bertz CT molecular complexity index is 485. The first kappa shape index (κ1) is 17.3. The standard InChI is InChI=1S/C17H22O4S/c18-10-14-5-4-6-15(9-14)11-20-21-12-16(19)13-22-17-7-2-1-3-8-17/h1-3,7-8,15-16,19H,4-6,9,11-13H2. The molecule has 0 saturated heterocycles. The quantitative estimate of drug-likeness (QED) is 0.262. The molecule has 0 aliphatic heterocycles. The molecule has 1 aliphatic carbocycles. The first-order chi connectivity index (χ1) is 10.8. The fourth-order valence-electron chi connectivity index (χ4n) is 2.42. The van der Waals surface area contributed by atoms with E-state index in [4.69, 9.17) is 9.78 Å². The number of benzene rings is 1. The van der Waals surface area contributed by atoms with Gasteiger partial charge >= 0.3 is 0 Å². The Kier molecular flexibility index (Phi) is 7.71. The highest BCUT2D eigenvalue weighted by molar-refractivity contribution is 7.99. The number of allylic oxidation sites excluding steroid dienone is 1. The minimum atomic E-state index is -0.568. The lowest BCUT2D eigenvalue weighted by molar-refractivity contribution is -0.310. The van der Waals surface area contributed by atoms with Gasteiger partial charge in [-0.25, -0.2) is 14.6 Å². The van der Waals surface area contributed by atoms with E-state index in [9.17, 15) is 9.90 Å². The second kappa shape index (κ2) is 9.82. The van der Waals surface area contributed by atoms with E-state index in [0.717, 1.165) is 36.2 Å². The molecule has 0 spiro atoms. The van der Waals surface area contributed by atoms with Gasteiger partial charge in [0.15, 0.2) is 0 Å². The second-order valence-corrected chi connectivity index (χ2v) is 6.61. The summed E-state index contributed by atoms with van der Waals surface area (Å²) in [6.45, 7) is 0.618. The summed E-state index contributed by atoms with van der Waals surface area (Å²) in [5.41, 5.74) is 0.846. The summed E-state index contributed by atoms with van der Waals surface area (Å²) in [6, 6.07) is 9.93. The molecule has 0 amide bonds. The third-order valence-electron chi connectivity index (χ3n) is 3.60. The molecule has 1 aromatic rings. The molecule has 120 valence electrons. The van der Waals surface area contributed by atoms with Crippen molar-refractivity contribution in [2.75, 3.05) is 19.0 Å². The lowest BCUT2D eigenvalue weighted by atomic mass is 9.87. The van der Waals surface area contributed by atoms with E-state index in [1.165, 1.54) is 0 Å². The minimum absolute atomic E-state index is 0.156. The van der Waals surface area contributed by atoms with Crippen LogP contribution in [0.3, 0.4) is 0 Å². The SMILES string of the molecule is O=C=C1CCCC(COOCC(O)CSc2ccccc2)C1. The number of aliphatic hydroxyl groups is 1. The predicted molar refractivity (Wildman–Crippen MR) is 86.2 cm³/mol. The first-order valence-electron chi connectivity index (χ1n) is 7.61. The van der Waals surface area contributed by atoms with Gasteiger partial charge in [0.2, 0.25) is 0 Å². The maximum absolute atomic E-state index is 10.6. The van der Waals surface area contributed by atoms with E-state index in [1.807, 2.05) is 36.3 Å². The molecule has 0 bridgehead atoms. The van der Waals surface area contributed by atoms with E-state index >= 15 is 0 Å². The highest BCUT2D eigenvalue weighted by atomic mass is 32.2. The molecule has 2 unspecified atom stereocenters. The Morgan fingerprint density at radius 3 is 2.91 bits per heavy atom. The number of aliphatic hydroxyl groups excluding tert-OH is 1. The molecule has 2 atom stereocenters. The molecule has 1 aromatic carbocycles. The maximum atomic E-state index is 10.6. The molecule has 22 heavy (non-hydrogen) atoms. The Labute approximate surface area is 135 Å². The Morgan fingerprint density at radius 2 is 2.14 bits per heavy atom. The molecule has 4 nitrogen and oxygen atoms in total. The van der Waals surface area contributed by atoms with E-state index in [-0.39, 0.29) is 6.61 Å². The molecule has 2 rings (SSSR count). The van der Waals surface area contributed by atoms with Gasteiger partial charge < -0.3 is 5.11 Å². The summed E-state index contributed by atoms with van der Waals surface area (Å²) < 4.78 is 0. The first-order valence-corrected chi connectivity index (χ1v) is 8.59. The van der Waals surface area contributed by atoms with Crippen molar-refractivity contribution in [3.05, 3.63) is 35.9 Å². The molecule has 0 radical (unpaired) electrons. The highest BCUT2D eigenvalue weighted by Gasteiger charge is 2.18. The zero-order valence-electron chi connectivity index (χ0n) is 12.6. The Balaban J connectivity index is 1.55. The van der Waals surface area contributed by atoms with Crippen LogP contribution in [-0.2, 0) is 14.6 Å². The smallest absolute Gasteiger partial charge is 0.123 e. The molecule has 0 heterocycles. The van der Waals surface area contributed by atoms with Crippen molar-refractivity contribution >= 4 is 17.7 Å². The average Bonchev–Trinajstić information content (AvgIpc) is 2.58. The van der Waals surface area contributed by atoms with Crippen LogP contribution in [0.25, 0.3) is 0 Å². The summed E-state index contributed by atoms with van der Waals surface area (Å²) in [5.74, 6) is 2.89. The van der Waals surface area contributed by atoms with Crippen molar-refractivity contribution in [1.82, 2.24) is 0 Å². The molecular formula is C17H22O4S. The number of hydrogen-bond acceptors (Lipinski definition) is 5. The summed E-state index contributed by atoms with van der Waals surface area (Å²) >= 11 is 1.59. The third-order valence-corrected chi connectivity index (χ3v) is 4.76. The van der Waals surface area contributed by atoms with Gasteiger partial charge in [-0.15, -0.1) is 11.8 Å². The lowest BCUT2D eigenvalue weighted by Crippen LogP contribution is -2.21. The molecule has 1 fully saturated rings. The molecule has 1 aliphatic rings. The molecule has 5 heteroatoms. The van der Waals surface area contributed by atoms with Crippen LogP contribution in [0.2, 0.25) is 0 Å². The van der Waals surface area contributed by atoms with Crippen molar-refractivity contribution in [2.24, 2.45) is 5.92 Å². The van der Waals surface area contributed by atoms with E-state index in [2.05, 4.69) is 0 Å². The van der Waals surface area contributed by atoms with Crippen LogP contribution < -0.4 is 0 Å². The van der Waals surface area contributed by atoms with Crippen molar-refractivity contribution in [3.8, 4) is 0 Å². The largest absolute Gasteiger partial charge is 0.390 e. The fourth-order valence-corrected chi connectivity index (χ4v) is 3.25. The van der Waals surface area contributed by atoms with Crippen LogP contribution in [0.5, 0.6) is 0 Å². The van der Waals surface area contributed by atoms with Gasteiger partial charge in [-0.1, -0.05) is 18.2 Å². The topological polar surface area (TPSA) is 55.8 Å². The average molecular weight is 322 g/mol. The molecule has 0 aromatic heterocycles. The van der Waals surface area contributed by atoms with Gasteiger partial charge in [-0.3, -0.25) is 0 Å². The zero-order chi connectivity index (χ0) is 15.6. The normalized spacial score (nSPS) is 19.7. The number of rotatable bonds is 8. The van der Waals surface area contributed by atoms with Gasteiger partial charge in [0.25, 0.3) is 0 Å². The van der Waals surface area contributed by atoms with Crippen molar-refractivity contribution in [1.29, 1.82) is 0 Å². The highest BCUT2D eigenvalue weighted by Crippen LogP contribution is 2.27. The monoisotopic (exact) mass is 322 g/mol. The van der Waals surface area contributed by atoms with E-state index in [0.29, 0.717) is 18.3 Å². The van der Waals surface area contributed by atoms with Gasteiger partial charge in [0, 0.05) is 16.2 Å². The third kappa shape index (κ3) is 6.34. The van der Waals surface area contributed by atoms with Crippen molar-refractivity contribution < 1.29 is 19.7 Å². The second-order valence-electron chi connectivity index (χ2n) is 5.51. The summed E-state index contributed by atoms with van der Waals surface area (Å²) in [6.07, 6.45) is 3.09. The van der Waals surface area contributed by atoms with Gasteiger partial charge in [-0.05, 0) is 43.7 Å². The number of carbonyl (C=O) groups excluding carboxylic acids is 1. The molecule has 1 saturated carbocycles. The Morgan fingerprint density at radius 1 is 1.32 bits per heavy atom. The molecule has 1 N–H and O–H groups in total. The van der Waals surface area contributed by atoms with Gasteiger partial charge in [0.1, 0.15) is 12.5 Å². The van der Waals surface area contributed by atoms with Crippen LogP contribution >= 0.6 is 11.8 Å². The van der Waals surface area contributed by atoms with Crippen molar-refractivity contribution in [2.45, 2.75) is 36.7 Å². The molecular weight excluding hydrogens is 300 g/mol. The summed E-state index contributed by atoms with van der Waals surface area (Å²) in [5, 5.41) is 9.85. The van der Waals surface area contributed by atoms with E-state index < -0.39 is 6.10 Å². The van der Waals surface area contributed by atoms with Crippen molar-refractivity contribution in [3.63, 3.8) is 0 Å².